The summed E-state index contributed by atoms with van der Waals surface area (Å²) >= 11 is 0. The van der Waals surface area contributed by atoms with Crippen LogP contribution in [0.25, 0.3) is 11.0 Å². The number of aryl methyl sites for hydroxylation is 1. The zero-order chi connectivity index (χ0) is 9.10. The van der Waals surface area contributed by atoms with E-state index < -0.39 is 0 Å². The van der Waals surface area contributed by atoms with Crippen LogP contribution in [0.5, 0.6) is 0 Å². The molecule has 2 nitrogen and oxygen atoms in total. The van der Waals surface area contributed by atoms with E-state index in [0.29, 0.717) is 0 Å². The molecule has 2 rings (SSSR count). The van der Waals surface area contributed by atoms with Crippen LogP contribution < -0.4 is 0 Å². The molecule has 2 aromatic rings. The van der Waals surface area contributed by atoms with E-state index in [2.05, 4.69) is 23.0 Å². The minimum atomic E-state index is 0. The zero-order valence-corrected chi connectivity index (χ0v) is 9.10. The number of aromatic nitrogens is 2. The molecule has 1 aromatic heterocycles. The maximum atomic E-state index is 4.49. The molecule has 0 radical (unpaired) electrons. The first kappa shape index (κ1) is 11.1. The molecule has 1 heterocycles. The van der Waals surface area contributed by atoms with E-state index in [1.54, 1.807) is 0 Å². The summed E-state index contributed by atoms with van der Waals surface area (Å²) in [5.74, 6) is 1.11. The highest BCUT2D eigenvalue weighted by atomic mass is 35.5. The maximum Gasteiger partial charge on any atom is 0.107 e. The zero-order valence-electron chi connectivity index (χ0n) is 8.29. The van der Waals surface area contributed by atoms with E-state index in [1.165, 1.54) is 12.8 Å². The minimum absolute atomic E-state index is 0. The Morgan fingerprint density at radius 2 is 2.07 bits per heavy atom. The van der Waals surface area contributed by atoms with Crippen LogP contribution in [0.15, 0.2) is 24.3 Å². The van der Waals surface area contributed by atoms with Crippen molar-refractivity contribution in [1.29, 1.82) is 0 Å². The van der Waals surface area contributed by atoms with Gasteiger partial charge in [0.05, 0.1) is 11.0 Å². The molecule has 0 aliphatic carbocycles. The van der Waals surface area contributed by atoms with Gasteiger partial charge in [0.25, 0.3) is 0 Å². The van der Waals surface area contributed by atoms with Crippen LogP contribution in [0.4, 0.5) is 0 Å². The van der Waals surface area contributed by atoms with Gasteiger partial charge >= 0.3 is 0 Å². The van der Waals surface area contributed by atoms with Crippen LogP contribution in [0.1, 0.15) is 25.6 Å². The highest BCUT2D eigenvalue weighted by Gasteiger charge is 1.99. The Kier molecular flexibility index (Phi) is 3.96. The number of aromatic amines is 1. The molecular weight excluding hydrogens is 196 g/mol. The number of unbranched alkanes of at least 4 members (excludes halogenated alkanes) is 1. The summed E-state index contributed by atoms with van der Waals surface area (Å²) in [6, 6.07) is 8.16. The van der Waals surface area contributed by atoms with E-state index in [-0.39, 0.29) is 12.4 Å². The largest absolute Gasteiger partial charge is 0.342 e. The Labute approximate surface area is 90.2 Å². The molecule has 0 saturated carbocycles. The SMILES string of the molecule is CCCCc1nc2ccccc2[nH]1.Cl. The number of H-pyrrole nitrogens is 1. The van der Waals surface area contributed by atoms with Gasteiger partial charge in [0.15, 0.2) is 0 Å². The van der Waals surface area contributed by atoms with E-state index in [9.17, 15) is 0 Å². The fourth-order valence-electron chi connectivity index (χ4n) is 1.47. The summed E-state index contributed by atoms with van der Waals surface area (Å²) < 4.78 is 0. The third kappa shape index (κ3) is 2.26. The molecule has 14 heavy (non-hydrogen) atoms. The Morgan fingerprint density at radius 3 is 2.79 bits per heavy atom. The molecule has 0 amide bonds. The van der Waals surface area contributed by atoms with E-state index in [1.807, 2.05) is 18.2 Å². The molecule has 3 heteroatoms. The van der Waals surface area contributed by atoms with Gasteiger partial charge in [-0.3, -0.25) is 0 Å². The van der Waals surface area contributed by atoms with Crippen LogP contribution in [0.2, 0.25) is 0 Å². The highest BCUT2D eigenvalue weighted by molar-refractivity contribution is 5.85. The number of nitrogens with zero attached hydrogens (tertiary/aromatic N) is 1. The monoisotopic (exact) mass is 210 g/mol. The lowest BCUT2D eigenvalue weighted by atomic mass is 10.2. The van der Waals surface area contributed by atoms with Gasteiger partial charge in [0.1, 0.15) is 5.82 Å². The number of benzene rings is 1. The number of rotatable bonds is 3. The van der Waals surface area contributed by atoms with Crippen LogP contribution in [-0.2, 0) is 6.42 Å². The third-order valence-corrected chi connectivity index (χ3v) is 2.21. The Morgan fingerprint density at radius 1 is 1.29 bits per heavy atom. The van der Waals surface area contributed by atoms with Gasteiger partial charge in [-0.1, -0.05) is 25.5 Å². The number of fused-ring (bicyclic) bond motifs is 1. The molecule has 0 unspecified atom stereocenters. The average molecular weight is 211 g/mol. The van der Waals surface area contributed by atoms with Gasteiger partial charge in [0, 0.05) is 6.42 Å². The lowest BCUT2D eigenvalue weighted by molar-refractivity contribution is 0.765. The Hall–Kier alpha value is -1.02. The highest BCUT2D eigenvalue weighted by Crippen LogP contribution is 2.11. The number of nitrogens with one attached hydrogen (secondary N) is 1. The van der Waals surface area contributed by atoms with E-state index >= 15 is 0 Å². The summed E-state index contributed by atoms with van der Waals surface area (Å²) in [5, 5.41) is 0. The van der Waals surface area contributed by atoms with E-state index in [4.69, 9.17) is 0 Å². The molecule has 1 aromatic carbocycles. The second-order valence-electron chi connectivity index (χ2n) is 3.30. The van der Waals surface area contributed by atoms with Crippen LogP contribution in [-0.4, -0.2) is 9.97 Å². The summed E-state index contributed by atoms with van der Waals surface area (Å²) in [6.45, 7) is 2.20. The van der Waals surface area contributed by atoms with Crippen LogP contribution in [0.3, 0.4) is 0 Å². The maximum absolute atomic E-state index is 4.49. The quantitative estimate of drug-likeness (QED) is 0.827. The fourth-order valence-corrected chi connectivity index (χ4v) is 1.47. The smallest absolute Gasteiger partial charge is 0.107 e. The van der Waals surface area contributed by atoms with Crippen molar-refractivity contribution in [3.05, 3.63) is 30.1 Å². The fraction of sp³-hybridized carbons (Fsp3) is 0.364. The van der Waals surface area contributed by atoms with Gasteiger partial charge in [-0.2, -0.15) is 0 Å². The Bertz CT molecular complexity index is 362. The summed E-state index contributed by atoms with van der Waals surface area (Å²) in [5.41, 5.74) is 2.22. The number of imidazole rings is 1. The number of para-hydroxylation sites is 2. The van der Waals surface area contributed by atoms with Crippen molar-refractivity contribution in [2.75, 3.05) is 0 Å². The summed E-state index contributed by atoms with van der Waals surface area (Å²) in [6.07, 6.45) is 3.49. The van der Waals surface area contributed by atoms with Crippen LogP contribution >= 0.6 is 12.4 Å². The van der Waals surface area contributed by atoms with Gasteiger partial charge in [-0.05, 0) is 18.6 Å². The Balaban J connectivity index is 0.000000980. The first-order chi connectivity index (χ1) is 6.40. The van der Waals surface area contributed by atoms with Crippen molar-refractivity contribution in [3.63, 3.8) is 0 Å². The molecule has 0 spiro atoms. The lowest BCUT2D eigenvalue weighted by Crippen LogP contribution is -1.86. The second kappa shape index (κ2) is 5.01. The number of hydrogen-bond acceptors (Lipinski definition) is 1. The van der Waals surface area contributed by atoms with Crippen LogP contribution in [0, 0.1) is 0 Å². The molecule has 0 fully saturated rings. The van der Waals surface area contributed by atoms with Crippen molar-refractivity contribution < 1.29 is 0 Å². The molecule has 1 N–H and O–H groups in total. The molecule has 0 atom stereocenters. The summed E-state index contributed by atoms with van der Waals surface area (Å²) in [7, 11) is 0. The van der Waals surface area contributed by atoms with Crippen molar-refractivity contribution >= 4 is 23.4 Å². The topological polar surface area (TPSA) is 28.7 Å². The number of halogens is 1. The molecule has 76 valence electrons. The van der Waals surface area contributed by atoms with Crippen molar-refractivity contribution in [2.24, 2.45) is 0 Å². The predicted molar refractivity (Wildman–Crippen MR) is 62.0 cm³/mol. The van der Waals surface area contributed by atoms with Crippen molar-refractivity contribution in [3.8, 4) is 0 Å². The van der Waals surface area contributed by atoms with E-state index in [0.717, 1.165) is 23.3 Å². The van der Waals surface area contributed by atoms with Crippen molar-refractivity contribution in [2.45, 2.75) is 26.2 Å². The predicted octanol–water partition coefficient (Wildman–Crippen LogP) is 3.33. The first-order valence-electron chi connectivity index (χ1n) is 4.84. The normalized spacial score (nSPS) is 10.1. The number of hydrogen-bond donors (Lipinski definition) is 1. The van der Waals surface area contributed by atoms with Gasteiger partial charge < -0.3 is 4.98 Å². The average Bonchev–Trinajstić information content (AvgIpc) is 2.57. The second-order valence-corrected chi connectivity index (χ2v) is 3.30. The minimum Gasteiger partial charge on any atom is -0.342 e. The standard InChI is InChI=1S/C11H14N2.ClH/c1-2-3-8-11-12-9-6-4-5-7-10(9)13-11;/h4-7H,2-3,8H2,1H3,(H,12,13);1H. The lowest BCUT2D eigenvalue weighted by Gasteiger charge is -1.90. The van der Waals surface area contributed by atoms with Gasteiger partial charge in [-0.25, -0.2) is 4.98 Å². The van der Waals surface area contributed by atoms with Gasteiger partial charge in [0.2, 0.25) is 0 Å². The molecule has 0 bridgehead atoms. The first-order valence-corrected chi connectivity index (χ1v) is 4.84. The summed E-state index contributed by atoms with van der Waals surface area (Å²) in [4.78, 5) is 7.81. The molecule has 0 aliphatic heterocycles. The molecule has 0 saturated heterocycles. The third-order valence-electron chi connectivity index (χ3n) is 2.21. The molecular formula is C11H15ClN2. The van der Waals surface area contributed by atoms with Gasteiger partial charge in [-0.15, -0.1) is 12.4 Å². The van der Waals surface area contributed by atoms with Crippen molar-refractivity contribution in [1.82, 2.24) is 9.97 Å². The molecule has 0 aliphatic rings.